The number of nitrogens with zero attached hydrogens (tertiary/aromatic N) is 2. The molecule has 32 heavy (non-hydrogen) atoms. The molecule has 1 aliphatic heterocycles. The normalized spacial score (nSPS) is 19.7. The summed E-state index contributed by atoms with van der Waals surface area (Å²) in [7, 11) is 0. The lowest BCUT2D eigenvalue weighted by molar-refractivity contribution is -1.04. The Balaban J connectivity index is 1.29. The van der Waals surface area contributed by atoms with Crippen LogP contribution < -0.4 is 9.80 Å². The molecule has 0 aliphatic carbocycles. The van der Waals surface area contributed by atoms with Gasteiger partial charge in [0.05, 0.1) is 0 Å². The SMILES string of the molecule is C[C@@H](c1nnc(-c2ccccc2)o1)[NH+]1CC[NH+](C(c2ccccc2)c2ccccc2)CC1. The van der Waals surface area contributed by atoms with Crippen molar-refractivity contribution in [3.8, 4) is 11.5 Å². The van der Waals surface area contributed by atoms with E-state index in [-0.39, 0.29) is 6.04 Å². The third kappa shape index (κ3) is 4.35. The van der Waals surface area contributed by atoms with Gasteiger partial charge in [0, 0.05) is 16.7 Å². The van der Waals surface area contributed by atoms with Gasteiger partial charge in [-0.1, -0.05) is 78.9 Å². The zero-order valence-electron chi connectivity index (χ0n) is 18.4. The first-order valence-corrected chi connectivity index (χ1v) is 11.5. The molecular formula is C27H30N4O+2. The Hall–Kier alpha value is -3.28. The maximum atomic E-state index is 6.05. The molecule has 0 radical (unpaired) electrons. The monoisotopic (exact) mass is 426 g/mol. The Morgan fingerprint density at radius 3 is 1.72 bits per heavy atom. The van der Waals surface area contributed by atoms with Gasteiger partial charge in [0.1, 0.15) is 32.2 Å². The van der Waals surface area contributed by atoms with Crippen LogP contribution in [0.25, 0.3) is 11.5 Å². The minimum atomic E-state index is 0.188. The number of benzene rings is 3. The van der Waals surface area contributed by atoms with Crippen LogP contribution >= 0.6 is 0 Å². The van der Waals surface area contributed by atoms with Crippen molar-refractivity contribution in [3.05, 3.63) is 108 Å². The molecule has 1 aromatic heterocycles. The van der Waals surface area contributed by atoms with Crippen molar-refractivity contribution in [2.75, 3.05) is 26.2 Å². The van der Waals surface area contributed by atoms with Crippen LogP contribution in [-0.4, -0.2) is 36.4 Å². The Morgan fingerprint density at radius 1 is 0.656 bits per heavy atom. The number of hydrogen-bond donors (Lipinski definition) is 2. The minimum absolute atomic E-state index is 0.188. The molecule has 2 N–H and O–H groups in total. The van der Waals surface area contributed by atoms with Gasteiger partial charge in [-0.25, -0.2) is 0 Å². The fraction of sp³-hybridized carbons (Fsp3) is 0.259. The Morgan fingerprint density at radius 2 is 1.16 bits per heavy atom. The highest BCUT2D eigenvalue weighted by atomic mass is 16.4. The van der Waals surface area contributed by atoms with E-state index >= 15 is 0 Å². The Bertz CT molecular complexity index is 1070. The van der Waals surface area contributed by atoms with Crippen LogP contribution in [0, 0.1) is 0 Å². The van der Waals surface area contributed by atoms with Crippen molar-refractivity contribution < 1.29 is 14.2 Å². The van der Waals surface area contributed by atoms with E-state index in [0.717, 1.165) is 37.6 Å². The smallest absolute Gasteiger partial charge is 0.274 e. The van der Waals surface area contributed by atoms with Crippen molar-refractivity contribution in [3.63, 3.8) is 0 Å². The van der Waals surface area contributed by atoms with Crippen LogP contribution in [0.5, 0.6) is 0 Å². The molecule has 5 heteroatoms. The second-order valence-electron chi connectivity index (χ2n) is 8.60. The first kappa shape index (κ1) is 20.6. The third-order valence-corrected chi connectivity index (χ3v) is 6.65. The van der Waals surface area contributed by atoms with Gasteiger partial charge in [-0.15, -0.1) is 10.2 Å². The summed E-state index contributed by atoms with van der Waals surface area (Å²) in [6, 6.07) is 32.4. The summed E-state index contributed by atoms with van der Waals surface area (Å²) in [5, 5.41) is 8.66. The standard InChI is InChI=1S/C27H28N4O/c1-21(26-28-29-27(32-26)24-15-9-4-10-16-24)30-17-19-31(20-18-30)25(22-11-5-2-6-12-22)23-13-7-3-8-14-23/h2-16,21,25H,17-20H2,1H3/p+2/t21-/m0/s1. The first-order chi connectivity index (χ1) is 15.8. The number of rotatable bonds is 6. The molecule has 5 nitrogen and oxygen atoms in total. The number of hydrogen-bond acceptors (Lipinski definition) is 3. The largest absolute Gasteiger partial charge is 0.415 e. The Kier molecular flexibility index (Phi) is 6.10. The molecule has 0 saturated carbocycles. The topological polar surface area (TPSA) is 47.8 Å². The minimum Gasteiger partial charge on any atom is -0.415 e. The van der Waals surface area contributed by atoms with Crippen LogP contribution in [-0.2, 0) is 0 Å². The summed E-state index contributed by atoms with van der Waals surface area (Å²) in [4.78, 5) is 3.13. The van der Waals surface area contributed by atoms with Crippen molar-refractivity contribution in [1.29, 1.82) is 0 Å². The summed E-state index contributed by atoms with van der Waals surface area (Å²) in [5.74, 6) is 1.33. The molecule has 162 valence electrons. The fourth-order valence-electron chi connectivity index (χ4n) is 4.85. The molecule has 4 aromatic rings. The van der Waals surface area contributed by atoms with E-state index in [4.69, 9.17) is 4.42 Å². The number of aromatic nitrogens is 2. The van der Waals surface area contributed by atoms with Crippen LogP contribution in [0.2, 0.25) is 0 Å². The maximum Gasteiger partial charge on any atom is 0.274 e. The van der Waals surface area contributed by atoms with Crippen molar-refractivity contribution >= 4 is 0 Å². The molecule has 1 fully saturated rings. The van der Waals surface area contributed by atoms with E-state index in [0.29, 0.717) is 11.9 Å². The highest BCUT2D eigenvalue weighted by Crippen LogP contribution is 2.20. The molecule has 0 amide bonds. The molecule has 0 spiro atoms. The summed E-state index contributed by atoms with van der Waals surface area (Å²) in [6.07, 6.45) is 0. The molecule has 0 bridgehead atoms. The second kappa shape index (κ2) is 9.47. The summed E-state index contributed by atoms with van der Waals surface area (Å²) >= 11 is 0. The predicted molar refractivity (Wildman–Crippen MR) is 124 cm³/mol. The van der Waals surface area contributed by atoms with Gasteiger partial charge in [-0.2, -0.15) is 0 Å². The summed E-state index contributed by atoms with van der Waals surface area (Å²) in [5.41, 5.74) is 3.74. The average molecular weight is 427 g/mol. The molecular weight excluding hydrogens is 396 g/mol. The molecule has 1 aliphatic rings. The molecule has 1 saturated heterocycles. The van der Waals surface area contributed by atoms with Gasteiger partial charge in [0.15, 0.2) is 6.04 Å². The molecule has 1 atom stereocenters. The fourth-order valence-corrected chi connectivity index (χ4v) is 4.85. The zero-order chi connectivity index (χ0) is 21.8. The van der Waals surface area contributed by atoms with Gasteiger partial charge in [0.2, 0.25) is 5.89 Å². The zero-order valence-corrected chi connectivity index (χ0v) is 18.4. The Labute approximate surface area is 189 Å². The number of nitrogens with one attached hydrogen (secondary N) is 2. The molecule has 3 aromatic carbocycles. The van der Waals surface area contributed by atoms with Gasteiger partial charge in [0.25, 0.3) is 5.89 Å². The summed E-state index contributed by atoms with van der Waals surface area (Å²) in [6.45, 7) is 6.57. The lowest BCUT2D eigenvalue weighted by Crippen LogP contribution is -3.28. The second-order valence-corrected chi connectivity index (χ2v) is 8.60. The van der Waals surface area contributed by atoms with E-state index in [9.17, 15) is 0 Å². The quantitative estimate of drug-likeness (QED) is 0.498. The van der Waals surface area contributed by atoms with Gasteiger partial charge in [-0.05, 0) is 19.1 Å². The third-order valence-electron chi connectivity index (χ3n) is 6.65. The van der Waals surface area contributed by atoms with Crippen molar-refractivity contribution in [2.45, 2.75) is 19.0 Å². The lowest BCUT2D eigenvalue weighted by atomic mass is 9.96. The number of piperazine rings is 1. The van der Waals surface area contributed by atoms with Crippen molar-refractivity contribution in [2.24, 2.45) is 0 Å². The molecule has 2 heterocycles. The average Bonchev–Trinajstić information content (AvgIpc) is 3.37. The number of quaternary nitrogens is 2. The van der Waals surface area contributed by atoms with Crippen LogP contribution in [0.4, 0.5) is 0 Å². The van der Waals surface area contributed by atoms with Gasteiger partial charge in [-0.3, -0.25) is 0 Å². The predicted octanol–water partition coefficient (Wildman–Crippen LogP) is 2.37. The molecule has 0 unspecified atom stereocenters. The highest BCUT2D eigenvalue weighted by molar-refractivity contribution is 5.51. The lowest BCUT2D eigenvalue weighted by Gasteiger charge is -2.36. The van der Waals surface area contributed by atoms with Crippen LogP contribution in [0.1, 0.15) is 36.0 Å². The summed E-state index contributed by atoms with van der Waals surface area (Å²) < 4.78 is 6.05. The van der Waals surface area contributed by atoms with E-state index in [1.54, 1.807) is 4.90 Å². The maximum absolute atomic E-state index is 6.05. The van der Waals surface area contributed by atoms with Crippen molar-refractivity contribution in [1.82, 2.24) is 10.2 Å². The van der Waals surface area contributed by atoms with Gasteiger partial charge < -0.3 is 14.2 Å². The van der Waals surface area contributed by atoms with Crippen LogP contribution in [0.3, 0.4) is 0 Å². The van der Waals surface area contributed by atoms with E-state index in [2.05, 4.69) is 77.8 Å². The first-order valence-electron chi connectivity index (χ1n) is 11.5. The highest BCUT2D eigenvalue weighted by Gasteiger charge is 2.35. The van der Waals surface area contributed by atoms with E-state index < -0.39 is 0 Å². The van der Waals surface area contributed by atoms with E-state index in [1.165, 1.54) is 16.0 Å². The van der Waals surface area contributed by atoms with Gasteiger partial charge >= 0.3 is 0 Å². The van der Waals surface area contributed by atoms with E-state index in [1.807, 2.05) is 30.3 Å². The molecule has 5 rings (SSSR count). The van der Waals surface area contributed by atoms with Crippen LogP contribution in [0.15, 0.2) is 95.4 Å².